The molecule has 142 valence electrons. The predicted octanol–water partition coefficient (Wildman–Crippen LogP) is 5.18. The highest BCUT2D eigenvalue weighted by atomic mass is 15.3. The molecule has 2 heteroatoms. The van der Waals surface area contributed by atoms with E-state index in [1.54, 1.807) is 0 Å². The number of rotatable bonds is 0. The van der Waals surface area contributed by atoms with Gasteiger partial charge in [-0.1, -0.05) is 48.5 Å². The molecule has 0 saturated carbocycles. The van der Waals surface area contributed by atoms with Gasteiger partial charge in [-0.2, -0.15) is 0 Å². The van der Waals surface area contributed by atoms with Crippen LogP contribution in [0.1, 0.15) is 16.8 Å². The van der Waals surface area contributed by atoms with E-state index >= 15 is 0 Å². The van der Waals surface area contributed by atoms with Crippen LogP contribution in [0, 0.1) is 0 Å². The Morgan fingerprint density at radius 3 is 2.39 bits per heavy atom. The zero-order valence-corrected chi connectivity index (χ0v) is 16.8. The topological polar surface area (TPSA) is 7.76 Å². The third-order valence-electron chi connectivity index (χ3n) is 7.27. The summed E-state index contributed by atoms with van der Waals surface area (Å²) in [5.41, 5.74) is 10.1. The molecule has 2 aromatic heterocycles. The summed E-state index contributed by atoms with van der Waals surface area (Å²) in [6, 6.07) is 35.5. The molecule has 0 aliphatic carbocycles. The third kappa shape index (κ3) is 1.62. The van der Waals surface area contributed by atoms with Crippen molar-refractivity contribution >= 4 is 22.4 Å². The molecule has 0 N–H and O–H groups in total. The molecule has 3 aliphatic rings. The van der Waals surface area contributed by atoms with Gasteiger partial charge in [-0.15, -0.1) is 9.13 Å². The lowest BCUT2D eigenvalue weighted by Gasteiger charge is -2.27. The van der Waals surface area contributed by atoms with Gasteiger partial charge in [0.05, 0.1) is 11.1 Å². The molecular weight excluding hydrogens is 376 g/mol. The Morgan fingerprint density at radius 1 is 0.613 bits per heavy atom. The van der Waals surface area contributed by atoms with E-state index in [2.05, 4.69) is 118 Å². The van der Waals surface area contributed by atoms with Crippen LogP contribution in [0.2, 0.25) is 0 Å². The van der Waals surface area contributed by atoms with Crippen molar-refractivity contribution in [3.05, 3.63) is 120 Å². The Hall–Kier alpha value is -4.04. The second-order valence-corrected chi connectivity index (χ2v) is 8.61. The Bertz CT molecular complexity index is 1640. The summed E-state index contributed by atoms with van der Waals surface area (Å²) in [5.74, 6) is 0. The lowest BCUT2D eigenvalue weighted by Crippen LogP contribution is -2.73. The van der Waals surface area contributed by atoms with Crippen molar-refractivity contribution in [3.8, 4) is 22.5 Å². The minimum Gasteiger partial charge on any atom is -0.126 e. The van der Waals surface area contributed by atoms with E-state index in [1.807, 2.05) is 0 Å². The molecule has 8 rings (SSSR count). The van der Waals surface area contributed by atoms with Crippen molar-refractivity contribution in [1.82, 2.24) is 0 Å². The second-order valence-electron chi connectivity index (χ2n) is 8.61. The molecule has 0 bridgehead atoms. The van der Waals surface area contributed by atoms with Crippen LogP contribution in [0.4, 0.5) is 0 Å². The maximum atomic E-state index is 2.55. The Balaban J connectivity index is 1.65. The molecule has 5 aromatic rings. The number of nitrogens with zero attached hydrogens (tertiary/aromatic N) is 2. The number of benzene rings is 3. The van der Waals surface area contributed by atoms with Crippen LogP contribution < -0.4 is 9.13 Å². The smallest absolute Gasteiger partial charge is 0.126 e. The fourth-order valence-electron chi connectivity index (χ4n) is 6.19. The van der Waals surface area contributed by atoms with Gasteiger partial charge in [-0.05, 0) is 35.0 Å². The van der Waals surface area contributed by atoms with Gasteiger partial charge < -0.3 is 0 Å². The quantitative estimate of drug-likeness (QED) is 0.320. The number of hydrogen-bond donors (Lipinski definition) is 0. The first-order valence-electron chi connectivity index (χ1n) is 10.8. The lowest BCUT2D eigenvalue weighted by atomic mass is 9.80. The first-order valence-corrected chi connectivity index (χ1v) is 10.8. The molecule has 1 spiro atoms. The maximum Gasteiger partial charge on any atom is 0.418 e. The summed E-state index contributed by atoms with van der Waals surface area (Å²) in [4.78, 5) is 0. The summed E-state index contributed by atoms with van der Waals surface area (Å²) in [7, 11) is 0. The van der Waals surface area contributed by atoms with Crippen molar-refractivity contribution in [2.24, 2.45) is 0 Å². The number of aromatic nitrogens is 2. The molecule has 5 heterocycles. The van der Waals surface area contributed by atoms with E-state index < -0.39 is 5.66 Å². The van der Waals surface area contributed by atoms with Crippen molar-refractivity contribution < 1.29 is 9.13 Å². The summed E-state index contributed by atoms with van der Waals surface area (Å²) in [6.07, 6.45) is 4.64. The van der Waals surface area contributed by atoms with Crippen molar-refractivity contribution in [2.75, 3.05) is 0 Å². The Labute approximate surface area is 180 Å². The molecule has 0 radical (unpaired) electrons. The highest BCUT2D eigenvalue weighted by molar-refractivity contribution is 6.02. The zero-order valence-electron chi connectivity index (χ0n) is 16.8. The standard InChI is InChI=1S/C29H18N2/c1-2-10-21-19(8-1)15-16-24-28(21)27-14-7-9-20-18-25-22-11-3-4-12-23(22)26-13-5-6-17-30(26)29(24,25)31(20)27/h1-18H/q+2. The zero-order chi connectivity index (χ0) is 20.2. The number of fused-ring (bicyclic) bond motifs is 8. The largest absolute Gasteiger partial charge is 0.418 e. The minimum absolute atomic E-state index is 0.393. The van der Waals surface area contributed by atoms with Gasteiger partial charge in [-0.25, -0.2) is 0 Å². The van der Waals surface area contributed by atoms with Gasteiger partial charge in [0, 0.05) is 35.9 Å². The first-order chi connectivity index (χ1) is 15.4. The van der Waals surface area contributed by atoms with Gasteiger partial charge >= 0.3 is 5.66 Å². The molecule has 0 fully saturated rings. The van der Waals surface area contributed by atoms with E-state index in [-0.39, 0.29) is 0 Å². The molecule has 2 nitrogen and oxygen atoms in total. The molecule has 0 amide bonds. The van der Waals surface area contributed by atoms with E-state index in [4.69, 9.17) is 0 Å². The fourth-order valence-corrected chi connectivity index (χ4v) is 6.19. The average Bonchev–Trinajstić information content (AvgIpc) is 3.35. The maximum absolute atomic E-state index is 2.55. The molecule has 31 heavy (non-hydrogen) atoms. The van der Waals surface area contributed by atoms with Crippen molar-refractivity contribution in [2.45, 2.75) is 5.66 Å². The van der Waals surface area contributed by atoms with E-state index in [9.17, 15) is 0 Å². The summed E-state index contributed by atoms with van der Waals surface area (Å²) in [6.45, 7) is 0. The van der Waals surface area contributed by atoms with Gasteiger partial charge in [0.25, 0.3) is 0 Å². The van der Waals surface area contributed by atoms with Crippen LogP contribution in [-0.2, 0) is 5.66 Å². The molecule has 1 atom stereocenters. The molecule has 0 saturated heterocycles. The van der Waals surface area contributed by atoms with Crippen LogP contribution in [0.25, 0.3) is 44.9 Å². The Kier molecular flexibility index (Phi) is 2.62. The van der Waals surface area contributed by atoms with Gasteiger partial charge in [0.1, 0.15) is 11.1 Å². The predicted molar refractivity (Wildman–Crippen MR) is 122 cm³/mol. The normalized spacial score (nSPS) is 18.6. The fraction of sp³-hybridized carbons (Fsp3) is 0.0345. The van der Waals surface area contributed by atoms with Gasteiger partial charge in [0.2, 0.25) is 17.1 Å². The molecule has 3 aliphatic heterocycles. The van der Waals surface area contributed by atoms with Crippen LogP contribution >= 0.6 is 0 Å². The third-order valence-corrected chi connectivity index (χ3v) is 7.27. The van der Waals surface area contributed by atoms with E-state index in [0.717, 1.165) is 0 Å². The number of pyridine rings is 2. The summed E-state index contributed by atoms with van der Waals surface area (Å²) >= 11 is 0. The SMILES string of the molecule is C1=C2c3ccccc3-c3cccc[n+]3C23c2ccc4ccccc4c2-c2cccc1[n+]23. The number of hydrogen-bond acceptors (Lipinski definition) is 0. The summed E-state index contributed by atoms with van der Waals surface area (Å²) in [5, 5.41) is 2.61. The second kappa shape index (κ2) is 5.16. The highest BCUT2D eigenvalue weighted by Gasteiger charge is 2.69. The summed E-state index contributed by atoms with van der Waals surface area (Å²) < 4.78 is 5.04. The van der Waals surface area contributed by atoms with Crippen molar-refractivity contribution in [1.29, 1.82) is 0 Å². The lowest BCUT2D eigenvalue weighted by molar-refractivity contribution is -0.951. The highest BCUT2D eigenvalue weighted by Crippen LogP contribution is 2.53. The van der Waals surface area contributed by atoms with E-state index in [1.165, 1.54) is 55.7 Å². The van der Waals surface area contributed by atoms with Gasteiger partial charge in [-0.3, -0.25) is 0 Å². The average molecular weight is 394 g/mol. The monoisotopic (exact) mass is 394 g/mol. The first kappa shape index (κ1) is 15.8. The van der Waals surface area contributed by atoms with Crippen LogP contribution in [0.15, 0.2) is 103 Å². The van der Waals surface area contributed by atoms with Crippen LogP contribution in [-0.4, -0.2) is 0 Å². The van der Waals surface area contributed by atoms with Crippen LogP contribution in [0.5, 0.6) is 0 Å². The van der Waals surface area contributed by atoms with Gasteiger partial charge in [0.15, 0.2) is 6.20 Å². The molecule has 3 aromatic carbocycles. The van der Waals surface area contributed by atoms with Crippen molar-refractivity contribution in [3.63, 3.8) is 0 Å². The Morgan fingerprint density at radius 2 is 1.42 bits per heavy atom. The van der Waals surface area contributed by atoms with Crippen LogP contribution in [0.3, 0.4) is 0 Å². The molecule has 1 unspecified atom stereocenters. The molecular formula is C29H18N2+2. The van der Waals surface area contributed by atoms with E-state index in [0.29, 0.717) is 0 Å². The minimum atomic E-state index is -0.393. The number of allylic oxidation sites excluding steroid dienone is 1.